The van der Waals surface area contributed by atoms with E-state index in [1.165, 1.54) is 18.6 Å². The van der Waals surface area contributed by atoms with Gasteiger partial charge in [-0.25, -0.2) is 0 Å². The number of aromatic nitrogens is 1. The van der Waals surface area contributed by atoms with E-state index < -0.39 is 11.7 Å². The van der Waals surface area contributed by atoms with Gasteiger partial charge < -0.3 is 4.57 Å². The highest BCUT2D eigenvalue weighted by Crippen LogP contribution is 2.32. The highest BCUT2D eigenvalue weighted by molar-refractivity contribution is 5.64. The Kier molecular flexibility index (Phi) is 5.78. The summed E-state index contributed by atoms with van der Waals surface area (Å²) in [4.78, 5) is 13.2. The van der Waals surface area contributed by atoms with Gasteiger partial charge in [-0.05, 0) is 60.9 Å². The minimum Gasteiger partial charge on any atom is -0.312 e. The Morgan fingerprint density at radius 2 is 1.78 bits per heavy atom. The number of alkyl halides is 3. The van der Waals surface area contributed by atoms with Crippen LogP contribution in [0.4, 0.5) is 13.2 Å². The predicted octanol–water partition coefficient (Wildman–Crippen LogP) is 5.85. The molecule has 0 aliphatic heterocycles. The van der Waals surface area contributed by atoms with Gasteiger partial charge >= 0.3 is 6.18 Å². The van der Waals surface area contributed by atoms with Gasteiger partial charge in [0.2, 0.25) is 0 Å². The van der Waals surface area contributed by atoms with Gasteiger partial charge in [0.25, 0.3) is 5.56 Å². The van der Waals surface area contributed by atoms with Gasteiger partial charge in [0.1, 0.15) is 0 Å². The quantitative estimate of drug-likeness (QED) is 0.619. The summed E-state index contributed by atoms with van der Waals surface area (Å²) in [5.74, 6) is 0.533. The Morgan fingerprint density at radius 3 is 2.26 bits per heavy atom. The summed E-state index contributed by atoms with van der Waals surface area (Å²) in [5.41, 5.74) is 2.48. The van der Waals surface area contributed by atoms with Gasteiger partial charge in [0, 0.05) is 17.8 Å². The van der Waals surface area contributed by atoms with Crippen LogP contribution in [0.25, 0.3) is 11.1 Å². The van der Waals surface area contributed by atoms with Crippen molar-refractivity contribution in [2.24, 2.45) is 5.92 Å². The van der Waals surface area contributed by atoms with Crippen LogP contribution in [0.15, 0.2) is 35.1 Å². The van der Waals surface area contributed by atoms with Crippen LogP contribution in [0.3, 0.4) is 0 Å². The molecule has 1 fully saturated rings. The molecule has 2 nitrogen and oxygen atoms in total. The summed E-state index contributed by atoms with van der Waals surface area (Å²) >= 11 is 0. The molecule has 0 saturated heterocycles. The van der Waals surface area contributed by atoms with Gasteiger partial charge in [0.15, 0.2) is 0 Å². The third-order valence-electron chi connectivity index (χ3n) is 5.55. The average molecular weight is 377 g/mol. The van der Waals surface area contributed by atoms with Crippen LogP contribution in [-0.2, 0) is 25.6 Å². The van der Waals surface area contributed by atoms with Crippen molar-refractivity contribution in [3.8, 4) is 11.1 Å². The van der Waals surface area contributed by atoms with Crippen molar-refractivity contribution >= 4 is 0 Å². The Morgan fingerprint density at radius 1 is 1.11 bits per heavy atom. The monoisotopic (exact) mass is 377 g/mol. The maximum absolute atomic E-state index is 13.2. The first-order chi connectivity index (χ1) is 12.8. The fourth-order valence-electron chi connectivity index (χ4n) is 3.77. The van der Waals surface area contributed by atoms with E-state index in [4.69, 9.17) is 0 Å². The molecule has 1 heterocycles. The number of hydrogen-bond donors (Lipinski definition) is 0. The maximum Gasteiger partial charge on any atom is 0.416 e. The van der Waals surface area contributed by atoms with E-state index in [2.05, 4.69) is 13.8 Å². The molecule has 146 valence electrons. The van der Waals surface area contributed by atoms with Gasteiger partial charge in [-0.1, -0.05) is 38.8 Å². The predicted molar refractivity (Wildman–Crippen MR) is 102 cm³/mol. The number of rotatable bonds is 6. The van der Waals surface area contributed by atoms with Crippen LogP contribution in [0, 0.1) is 5.92 Å². The van der Waals surface area contributed by atoms with Crippen LogP contribution in [0.2, 0.25) is 0 Å². The Labute approximate surface area is 158 Å². The molecule has 3 rings (SSSR count). The van der Waals surface area contributed by atoms with E-state index in [0.717, 1.165) is 62.0 Å². The first-order valence-electron chi connectivity index (χ1n) is 9.78. The molecular weight excluding hydrogens is 351 g/mol. The molecule has 1 aromatic heterocycles. The van der Waals surface area contributed by atoms with Gasteiger partial charge in [-0.2, -0.15) is 13.2 Å². The van der Waals surface area contributed by atoms with Gasteiger partial charge in [-0.3, -0.25) is 4.79 Å². The lowest BCUT2D eigenvalue weighted by atomic mass is 9.85. The van der Waals surface area contributed by atoms with Crippen LogP contribution >= 0.6 is 0 Å². The second-order valence-electron chi connectivity index (χ2n) is 7.42. The molecule has 0 N–H and O–H groups in total. The molecule has 0 unspecified atom stereocenters. The molecule has 0 atom stereocenters. The molecule has 2 aromatic rings. The number of hydrogen-bond acceptors (Lipinski definition) is 1. The van der Waals surface area contributed by atoms with Gasteiger partial charge in [0.05, 0.1) is 5.56 Å². The summed E-state index contributed by atoms with van der Waals surface area (Å²) in [7, 11) is 0. The number of aryl methyl sites for hydroxylation is 1. The van der Waals surface area contributed by atoms with Crippen LogP contribution in [0.5, 0.6) is 0 Å². The summed E-state index contributed by atoms with van der Waals surface area (Å²) in [6.07, 6.45) is 1.72. The van der Waals surface area contributed by atoms with E-state index in [1.807, 2.05) is 10.6 Å². The largest absolute Gasteiger partial charge is 0.416 e. The standard InChI is InChI=1S/C22H26F3NO/c1-3-6-20-16(4-2)13-19(21(27)26(20)14-15-7-5-8-15)17-9-11-18(12-10-17)22(23,24)25/h9-13,15H,3-8,14H2,1-2H3. The minimum atomic E-state index is -4.37. The zero-order valence-corrected chi connectivity index (χ0v) is 15.9. The zero-order chi connectivity index (χ0) is 19.6. The highest BCUT2D eigenvalue weighted by Gasteiger charge is 2.30. The van der Waals surface area contributed by atoms with Crippen molar-refractivity contribution in [3.05, 3.63) is 57.5 Å². The molecule has 5 heteroatoms. The molecule has 0 bridgehead atoms. The second-order valence-corrected chi connectivity index (χ2v) is 7.42. The molecule has 0 amide bonds. The molecule has 0 radical (unpaired) electrons. The lowest BCUT2D eigenvalue weighted by molar-refractivity contribution is -0.137. The van der Waals surface area contributed by atoms with E-state index >= 15 is 0 Å². The number of pyridine rings is 1. The summed E-state index contributed by atoms with van der Waals surface area (Å²) in [5, 5.41) is 0. The molecule has 1 aliphatic carbocycles. The van der Waals surface area contributed by atoms with Crippen LogP contribution < -0.4 is 5.56 Å². The van der Waals surface area contributed by atoms with Crippen molar-refractivity contribution in [2.45, 2.75) is 65.1 Å². The highest BCUT2D eigenvalue weighted by atomic mass is 19.4. The third kappa shape index (κ3) is 4.12. The first-order valence-corrected chi connectivity index (χ1v) is 9.78. The zero-order valence-electron chi connectivity index (χ0n) is 15.9. The molecule has 0 spiro atoms. The number of nitrogens with zero attached hydrogens (tertiary/aromatic N) is 1. The number of halogens is 3. The third-order valence-corrected chi connectivity index (χ3v) is 5.55. The van der Waals surface area contributed by atoms with Crippen molar-refractivity contribution < 1.29 is 13.2 Å². The van der Waals surface area contributed by atoms with E-state index in [0.29, 0.717) is 17.0 Å². The minimum absolute atomic E-state index is 0.0812. The topological polar surface area (TPSA) is 22.0 Å². The van der Waals surface area contributed by atoms with Gasteiger partial charge in [-0.15, -0.1) is 0 Å². The normalized spacial score (nSPS) is 15.0. The van der Waals surface area contributed by atoms with Crippen molar-refractivity contribution in [1.29, 1.82) is 0 Å². The molecule has 1 saturated carbocycles. The Balaban J connectivity index is 2.09. The molecule has 1 aliphatic rings. The maximum atomic E-state index is 13.2. The van der Waals surface area contributed by atoms with Crippen LogP contribution in [-0.4, -0.2) is 4.57 Å². The summed E-state index contributed by atoms with van der Waals surface area (Å²) < 4.78 is 40.4. The van der Waals surface area contributed by atoms with Crippen molar-refractivity contribution in [3.63, 3.8) is 0 Å². The Hall–Kier alpha value is -2.04. The second kappa shape index (κ2) is 7.91. The fourth-order valence-corrected chi connectivity index (χ4v) is 3.77. The fraction of sp³-hybridized carbons (Fsp3) is 0.500. The lowest BCUT2D eigenvalue weighted by Gasteiger charge is -2.28. The van der Waals surface area contributed by atoms with E-state index in [9.17, 15) is 18.0 Å². The molecule has 1 aromatic carbocycles. The Bertz CT molecular complexity index is 846. The SMILES string of the molecule is CCCc1c(CC)cc(-c2ccc(C(F)(F)F)cc2)c(=O)n1CC1CCC1. The summed E-state index contributed by atoms with van der Waals surface area (Å²) in [6, 6.07) is 6.80. The van der Waals surface area contributed by atoms with Crippen molar-refractivity contribution in [2.75, 3.05) is 0 Å². The summed E-state index contributed by atoms with van der Waals surface area (Å²) in [6.45, 7) is 4.88. The molecule has 27 heavy (non-hydrogen) atoms. The first kappa shape index (κ1) is 19.7. The van der Waals surface area contributed by atoms with E-state index in [-0.39, 0.29) is 5.56 Å². The smallest absolute Gasteiger partial charge is 0.312 e. The van der Waals surface area contributed by atoms with Crippen molar-refractivity contribution in [1.82, 2.24) is 4.57 Å². The lowest BCUT2D eigenvalue weighted by Crippen LogP contribution is -2.31. The average Bonchev–Trinajstić information content (AvgIpc) is 2.59. The van der Waals surface area contributed by atoms with Crippen LogP contribution in [0.1, 0.15) is 56.4 Å². The molecular formula is C22H26F3NO. The van der Waals surface area contributed by atoms with E-state index in [1.54, 1.807) is 0 Å². The number of benzene rings is 1.